The van der Waals surface area contributed by atoms with E-state index in [0.717, 1.165) is 15.6 Å². The molecule has 0 aliphatic rings. The lowest BCUT2D eigenvalue weighted by Crippen LogP contribution is -2.49. The molecule has 7 heteroatoms. The zero-order chi connectivity index (χ0) is 19.4. The highest BCUT2D eigenvalue weighted by Gasteiger charge is 2.28. The maximum atomic E-state index is 12.8. The number of sulfonamides is 1. The van der Waals surface area contributed by atoms with E-state index in [-0.39, 0.29) is 16.7 Å². The molecule has 0 aliphatic heterocycles. The molecule has 0 aliphatic carbocycles. The fourth-order valence-corrected chi connectivity index (χ4v) is 4.78. The first kappa shape index (κ1) is 19.5. The molecular formula is C20H22N2O3S2. The largest absolute Gasteiger partial charge is 0.350 e. The van der Waals surface area contributed by atoms with E-state index in [1.54, 1.807) is 29.5 Å². The van der Waals surface area contributed by atoms with Gasteiger partial charge in [-0.15, -0.1) is 11.3 Å². The molecule has 0 radical (unpaired) electrons. The van der Waals surface area contributed by atoms with Crippen LogP contribution in [0.4, 0.5) is 0 Å². The third kappa shape index (κ3) is 4.74. The lowest BCUT2D eigenvalue weighted by atomic mass is 10.1. The Morgan fingerprint density at radius 1 is 1.04 bits per heavy atom. The Labute approximate surface area is 163 Å². The second kappa shape index (κ2) is 8.21. The summed E-state index contributed by atoms with van der Waals surface area (Å²) in [6.07, 6.45) is 0. The van der Waals surface area contributed by atoms with Gasteiger partial charge in [0.2, 0.25) is 15.9 Å². The molecule has 142 valence electrons. The number of hydrogen-bond donors (Lipinski definition) is 2. The van der Waals surface area contributed by atoms with Crippen LogP contribution in [0.3, 0.4) is 0 Å². The Balaban J connectivity index is 1.78. The molecule has 1 aromatic heterocycles. The van der Waals surface area contributed by atoms with Gasteiger partial charge in [0.15, 0.2) is 0 Å². The third-order valence-corrected chi connectivity index (χ3v) is 6.59. The Morgan fingerprint density at radius 2 is 1.78 bits per heavy atom. The maximum absolute atomic E-state index is 12.8. The number of thiophene rings is 1. The van der Waals surface area contributed by atoms with Crippen LogP contribution < -0.4 is 10.0 Å². The number of hydrogen-bond acceptors (Lipinski definition) is 4. The molecule has 0 fully saturated rings. The summed E-state index contributed by atoms with van der Waals surface area (Å²) < 4.78 is 28.2. The van der Waals surface area contributed by atoms with Crippen molar-refractivity contribution >= 4 is 38.0 Å². The molecule has 1 amide bonds. The van der Waals surface area contributed by atoms with Crippen LogP contribution >= 0.6 is 11.3 Å². The number of nitrogens with one attached hydrogen (secondary N) is 2. The van der Waals surface area contributed by atoms with Gasteiger partial charge in [-0.05, 0) is 40.3 Å². The molecule has 0 spiro atoms. The molecule has 1 atom stereocenters. The normalized spacial score (nSPS) is 13.0. The fourth-order valence-electron chi connectivity index (χ4n) is 2.76. The molecular weight excluding hydrogens is 380 g/mol. The van der Waals surface area contributed by atoms with Crippen molar-refractivity contribution in [2.24, 2.45) is 5.92 Å². The van der Waals surface area contributed by atoms with Crippen LogP contribution in [0.5, 0.6) is 0 Å². The Morgan fingerprint density at radius 3 is 2.44 bits per heavy atom. The first-order valence-electron chi connectivity index (χ1n) is 8.68. The summed E-state index contributed by atoms with van der Waals surface area (Å²) >= 11 is 1.54. The second-order valence-corrected chi connectivity index (χ2v) is 9.40. The van der Waals surface area contributed by atoms with E-state index in [1.165, 1.54) is 0 Å². The molecule has 2 aromatic carbocycles. The van der Waals surface area contributed by atoms with Gasteiger partial charge in [0, 0.05) is 4.88 Å². The lowest BCUT2D eigenvalue weighted by Gasteiger charge is -2.21. The molecule has 0 bridgehead atoms. The van der Waals surface area contributed by atoms with Crippen molar-refractivity contribution in [1.29, 1.82) is 0 Å². The average Bonchev–Trinajstić information content (AvgIpc) is 3.17. The van der Waals surface area contributed by atoms with E-state index in [0.29, 0.717) is 6.54 Å². The van der Waals surface area contributed by atoms with Crippen molar-refractivity contribution in [1.82, 2.24) is 10.0 Å². The van der Waals surface area contributed by atoms with Gasteiger partial charge in [-0.3, -0.25) is 4.79 Å². The Bertz CT molecular complexity index is 1030. The summed E-state index contributed by atoms with van der Waals surface area (Å²) in [6, 6.07) is 15.5. The van der Waals surface area contributed by atoms with Crippen molar-refractivity contribution < 1.29 is 13.2 Å². The van der Waals surface area contributed by atoms with E-state index in [1.807, 2.05) is 55.6 Å². The smallest absolute Gasteiger partial charge is 0.241 e. The van der Waals surface area contributed by atoms with Crippen LogP contribution in [-0.4, -0.2) is 20.4 Å². The number of benzene rings is 2. The van der Waals surface area contributed by atoms with Gasteiger partial charge in [-0.1, -0.05) is 50.2 Å². The predicted molar refractivity (Wildman–Crippen MR) is 109 cm³/mol. The summed E-state index contributed by atoms with van der Waals surface area (Å²) in [5.41, 5.74) is 0. The second-order valence-electron chi connectivity index (χ2n) is 6.65. The summed E-state index contributed by atoms with van der Waals surface area (Å²) in [7, 11) is -3.82. The zero-order valence-electron chi connectivity index (χ0n) is 15.2. The number of carbonyl (C=O) groups excluding carboxylic acids is 1. The van der Waals surface area contributed by atoms with Crippen LogP contribution in [0.25, 0.3) is 10.8 Å². The van der Waals surface area contributed by atoms with E-state index in [2.05, 4.69) is 10.0 Å². The maximum Gasteiger partial charge on any atom is 0.241 e. The van der Waals surface area contributed by atoms with Gasteiger partial charge in [-0.2, -0.15) is 4.72 Å². The van der Waals surface area contributed by atoms with Gasteiger partial charge >= 0.3 is 0 Å². The minimum absolute atomic E-state index is 0.151. The Hall–Kier alpha value is -2.22. The van der Waals surface area contributed by atoms with Gasteiger partial charge in [0.25, 0.3) is 0 Å². The van der Waals surface area contributed by atoms with Crippen molar-refractivity contribution in [3.8, 4) is 0 Å². The minimum atomic E-state index is -3.82. The van der Waals surface area contributed by atoms with Crippen molar-refractivity contribution in [2.75, 3.05) is 0 Å². The first-order chi connectivity index (χ1) is 12.9. The molecule has 27 heavy (non-hydrogen) atoms. The highest BCUT2D eigenvalue weighted by atomic mass is 32.2. The van der Waals surface area contributed by atoms with Crippen molar-refractivity contribution in [3.63, 3.8) is 0 Å². The summed E-state index contributed by atoms with van der Waals surface area (Å²) in [6.45, 7) is 4.02. The third-order valence-electron chi connectivity index (χ3n) is 4.28. The fraction of sp³-hybridized carbons (Fsp3) is 0.250. The van der Waals surface area contributed by atoms with Crippen LogP contribution in [0, 0.1) is 5.92 Å². The summed E-state index contributed by atoms with van der Waals surface area (Å²) in [5, 5.41) is 6.55. The quantitative estimate of drug-likeness (QED) is 0.635. The molecule has 3 rings (SSSR count). The molecule has 0 saturated carbocycles. The number of fused-ring (bicyclic) bond motifs is 1. The molecule has 3 aromatic rings. The van der Waals surface area contributed by atoms with E-state index in [9.17, 15) is 13.2 Å². The lowest BCUT2D eigenvalue weighted by molar-refractivity contribution is -0.123. The van der Waals surface area contributed by atoms with Crippen molar-refractivity contribution in [2.45, 2.75) is 31.3 Å². The molecule has 5 nitrogen and oxygen atoms in total. The molecule has 1 heterocycles. The van der Waals surface area contributed by atoms with E-state index in [4.69, 9.17) is 0 Å². The topological polar surface area (TPSA) is 75.3 Å². The monoisotopic (exact) mass is 402 g/mol. The SMILES string of the molecule is CC(C)C(NS(=O)(=O)c1ccc2ccccc2c1)C(=O)NCc1cccs1. The molecule has 1 unspecified atom stereocenters. The van der Waals surface area contributed by atoms with Gasteiger partial charge in [-0.25, -0.2) is 8.42 Å². The Kier molecular flexibility index (Phi) is 5.94. The van der Waals surface area contributed by atoms with E-state index >= 15 is 0 Å². The molecule has 0 saturated heterocycles. The highest BCUT2D eigenvalue weighted by Crippen LogP contribution is 2.20. The van der Waals surface area contributed by atoms with E-state index < -0.39 is 16.1 Å². The van der Waals surface area contributed by atoms with Crippen LogP contribution in [0.1, 0.15) is 18.7 Å². The summed E-state index contributed by atoms with van der Waals surface area (Å²) in [5.74, 6) is -0.522. The minimum Gasteiger partial charge on any atom is -0.350 e. The predicted octanol–water partition coefficient (Wildman–Crippen LogP) is 3.52. The van der Waals surface area contributed by atoms with Gasteiger partial charge in [0.05, 0.1) is 11.4 Å². The van der Waals surface area contributed by atoms with Crippen LogP contribution in [0.2, 0.25) is 0 Å². The van der Waals surface area contributed by atoms with Crippen molar-refractivity contribution in [3.05, 3.63) is 64.9 Å². The molecule has 2 N–H and O–H groups in total. The standard InChI is InChI=1S/C20H22N2O3S2/c1-14(2)19(20(23)21-13-17-8-5-11-26-17)22-27(24,25)18-10-9-15-6-3-4-7-16(15)12-18/h3-12,14,19,22H,13H2,1-2H3,(H,21,23). The zero-order valence-corrected chi connectivity index (χ0v) is 16.8. The number of amides is 1. The van der Waals surface area contributed by atoms with Gasteiger partial charge < -0.3 is 5.32 Å². The average molecular weight is 403 g/mol. The van der Waals surface area contributed by atoms with Crippen LogP contribution in [-0.2, 0) is 21.4 Å². The number of carbonyl (C=O) groups is 1. The highest BCUT2D eigenvalue weighted by molar-refractivity contribution is 7.89. The van der Waals surface area contributed by atoms with Crippen LogP contribution in [0.15, 0.2) is 64.9 Å². The summed E-state index contributed by atoms with van der Waals surface area (Å²) in [4.78, 5) is 13.7. The first-order valence-corrected chi connectivity index (χ1v) is 11.0. The number of rotatable bonds is 7. The van der Waals surface area contributed by atoms with Gasteiger partial charge in [0.1, 0.15) is 6.04 Å².